The maximum atomic E-state index is 11.7. The number of nitrogens with one attached hydrogen (secondary N) is 1. The SMILES string of the molecule is COCC(NC(=O)c1cccn1C)C(=O)O. The number of carbonyl (C=O) groups is 2. The summed E-state index contributed by atoms with van der Waals surface area (Å²) in [7, 11) is 3.09. The van der Waals surface area contributed by atoms with E-state index in [-0.39, 0.29) is 6.61 Å². The van der Waals surface area contributed by atoms with Crippen molar-refractivity contribution in [2.45, 2.75) is 6.04 Å². The second-order valence-corrected chi connectivity index (χ2v) is 3.32. The minimum Gasteiger partial charge on any atom is -0.480 e. The van der Waals surface area contributed by atoms with E-state index in [1.807, 2.05) is 0 Å². The third kappa shape index (κ3) is 2.83. The number of amides is 1. The Balaban J connectivity index is 2.69. The van der Waals surface area contributed by atoms with Gasteiger partial charge in [0.15, 0.2) is 6.04 Å². The molecular formula is C10H14N2O4. The lowest BCUT2D eigenvalue weighted by Gasteiger charge is -2.13. The predicted molar refractivity (Wildman–Crippen MR) is 56.2 cm³/mol. The molecule has 0 aliphatic carbocycles. The number of carbonyl (C=O) groups excluding carboxylic acids is 1. The van der Waals surface area contributed by atoms with Crippen LogP contribution in [0.1, 0.15) is 10.5 Å². The Morgan fingerprint density at radius 3 is 2.75 bits per heavy atom. The van der Waals surface area contributed by atoms with Crippen molar-refractivity contribution in [3.05, 3.63) is 24.0 Å². The van der Waals surface area contributed by atoms with E-state index in [0.29, 0.717) is 5.69 Å². The molecule has 1 aromatic rings. The van der Waals surface area contributed by atoms with E-state index in [2.05, 4.69) is 5.32 Å². The molecule has 1 atom stereocenters. The molecule has 1 aromatic heterocycles. The van der Waals surface area contributed by atoms with Crippen molar-refractivity contribution in [2.24, 2.45) is 7.05 Å². The molecule has 0 saturated carbocycles. The van der Waals surface area contributed by atoms with Gasteiger partial charge in [0.1, 0.15) is 5.69 Å². The van der Waals surface area contributed by atoms with Crippen LogP contribution >= 0.6 is 0 Å². The Morgan fingerprint density at radius 1 is 1.62 bits per heavy atom. The molecule has 0 aliphatic heterocycles. The second kappa shape index (κ2) is 5.32. The zero-order chi connectivity index (χ0) is 12.1. The van der Waals surface area contributed by atoms with Crippen molar-refractivity contribution >= 4 is 11.9 Å². The van der Waals surface area contributed by atoms with Gasteiger partial charge in [0.05, 0.1) is 6.61 Å². The number of hydrogen-bond acceptors (Lipinski definition) is 3. The van der Waals surface area contributed by atoms with Crippen LogP contribution in [-0.4, -0.2) is 41.3 Å². The van der Waals surface area contributed by atoms with E-state index in [9.17, 15) is 9.59 Å². The fourth-order valence-corrected chi connectivity index (χ4v) is 1.27. The van der Waals surface area contributed by atoms with Gasteiger partial charge >= 0.3 is 5.97 Å². The van der Waals surface area contributed by atoms with Crippen molar-refractivity contribution in [1.29, 1.82) is 0 Å². The molecule has 6 nitrogen and oxygen atoms in total. The smallest absolute Gasteiger partial charge is 0.328 e. The predicted octanol–water partition coefficient (Wildman–Crippen LogP) is -0.146. The summed E-state index contributed by atoms with van der Waals surface area (Å²) in [5.74, 6) is -1.55. The number of nitrogens with zero attached hydrogens (tertiary/aromatic N) is 1. The molecule has 1 heterocycles. The Labute approximate surface area is 92.8 Å². The van der Waals surface area contributed by atoms with Gasteiger partial charge in [-0.2, -0.15) is 0 Å². The fourth-order valence-electron chi connectivity index (χ4n) is 1.27. The molecule has 1 rings (SSSR count). The van der Waals surface area contributed by atoms with Crippen LogP contribution in [0.2, 0.25) is 0 Å². The molecule has 0 bridgehead atoms. The summed E-state index contributed by atoms with van der Waals surface area (Å²) in [5, 5.41) is 11.2. The monoisotopic (exact) mass is 226 g/mol. The molecule has 1 amide bonds. The average Bonchev–Trinajstić information content (AvgIpc) is 2.63. The van der Waals surface area contributed by atoms with Crippen molar-refractivity contribution in [2.75, 3.05) is 13.7 Å². The molecule has 0 radical (unpaired) electrons. The molecule has 0 aliphatic rings. The van der Waals surface area contributed by atoms with Crippen molar-refractivity contribution in [3.63, 3.8) is 0 Å². The minimum absolute atomic E-state index is 0.0640. The lowest BCUT2D eigenvalue weighted by molar-refractivity contribution is -0.140. The number of carboxylic acids is 1. The fraction of sp³-hybridized carbons (Fsp3) is 0.400. The van der Waals surface area contributed by atoms with E-state index >= 15 is 0 Å². The van der Waals surface area contributed by atoms with Crippen molar-refractivity contribution < 1.29 is 19.4 Å². The number of hydrogen-bond donors (Lipinski definition) is 2. The summed E-state index contributed by atoms with van der Waals surface area (Å²) in [6.45, 7) is -0.0640. The van der Waals surface area contributed by atoms with E-state index in [1.165, 1.54) is 7.11 Å². The van der Waals surface area contributed by atoms with Crippen LogP contribution in [0.5, 0.6) is 0 Å². The molecule has 1 unspecified atom stereocenters. The second-order valence-electron chi connectivity index (χ2n) is 3.32. The molecule has 0 fully saturated rings. The van der Waals surface area contributed by atoms with Gasteiger partial charge in [-0.25, -0.2) is 4.79 Å². The van der Waals surface area contributed by atoms with Crippen LogP contribution in [0.25, 0.3) is 0 Å². The first-order chi connectivity index (χ1) is 7.56. The van der Waals surface area contributed by atoms with Crippen molar-refractivity contribution in [3.8, 4) is 0 Å². The number of carboxylic acid groups (broad SMARTS) is 1. The summed E-state index contributed by atoms with van der Waals surface area (Å²) in [4.78, 5) is 22.4. The molecule has 16 heavy (non-hydrogen) atoms. The molecule has 88 valence electrons. The Kier molecular flexibility index (Phi) is 4.07. The third-order valence-corrected chi connectivity index (χ3v) is 2.11. The highest BCUT2D eigenvalue weighted by atomic mass is 16.5. The normalized spacial score (nSPS) is 12.1. The van der Waals surface area contributed by atoms with Gasteiger partial charge in [-0.3, -0.25) is 4.79 Å². The standard InChI is InChI=1S/C10H14N2O4/c1-12-5-3-4-8(12)9(13)11-7(6-16-2)10(14)15/h3-5,7H,6H2,1-2H3,(H,11,13)(H,14,15). The summed E-state index contributed by atoms with van der Waals surface area (Å²) in [6, 6.07) is 2.29. The van der Waals surface area contributed by atoms with Crippen molar-refractivity contribution in [1.82, 2.24) is 9.88 Å². The van der Waals surface area contributed by atoms with Crippen LogP contribution in [-0.2, 0) is 16.6 Å². The zero-order valence-electron chi connectivity index (χ0n) is 9.14. The first-order valence-electron chi connectivity index (χ1n) is 4.70. The average molecular weight is 226 g/mol. The molecule has 0 saturated heterocycles. The molecule has 0 spiro atoms. The third-order valence-electron chi connectivity index (χ3n) is 2.11. The molecule has 6 heteroatoms. The maximum absolute atomic E-state index is 11.7. The van der Waals surface area contributed by atoms with Gasteiger partial charge in [0.2, 0.25) is 0 Å². The minimum atomic E-state index is -1.12. The highest BCUT2D eigenvalue weighted by molar-refractivity contribution is 5.95. The van der Waals surface area contributed by atoms with E-state index in [0.717, 1.165) is 0 Å². The highest BCUT2D eigenvalue weighted by Gasteiger charge is 2.21. The number of ether oxygens (including phenoxy) is 1. The van der Waals surface area contributed by atoms with Crippen LogP contribution < -0.4 is 5.32 Å². The van der Waals surface area contributed by atoms with Gasteiger partial charge in [0, 0.05) is 20.4 Å². The van der Waals surface area contributed by atoms with Gasteiger partial charge in [-0.15, -0.1) is 0 Å². The zero-order valence-corrected chi connectivity index (χ0v) is 9.14. The van der Waals surface area contributed by atoms with Gasteiger partial charge in [0.25, 0.3) is 5.91 Å². The van der Waals surface area contributed by atoms with Gasteiger partial charge < -0.3 is 19.7 Å². The maximum Gasteiger partial charge on any atom is 0.328 e. The van der Waals surface area contributed by atoms with Crippen LogP contribution in [0.4, 0.5) is 0 Å². The topological polar surface area (TPSA) is 80.6 Å². The first kappa shape index (κ1) is 12.3. The van der Waals surface area contributed by atoms with E-state index in [4.69, 9.17) is 9.84 Å². The van der Waals surface area contributed by atoms with Crippen LogP contribution in [0.3, 0.4) is 0 Å². The Morgan fingerprint density at radius 2 is 2.31 bits per heavy atom. The van der Waals surface area contributed by atoms with E-state index < -0.39 is 17.9 Å². The van der Waals surface area contributed by atoms with E-state index in [1.54, 1.807) is 29.9 Å². The molecule has 2 N–H and O–H groups in total. The lowest BCUT2D eigenvalue weighted by atomic mass is 10.3. The lowest BCUT2D eigenvalue weighted by Crippen LogP contribution is -2.44. The Hall–Kier alpha value is -1.82. The summed E-state index contributed by atoms with van der Waals surface area (Å²) < 4.78 is 6.32. The quantitative estimate of drug-likeness (QED) is 0.732. The van der Waals surface area contributed by atoms with Gasteiger partial charge in [-0.1, -0.05) is 0 Å². The summed E-state index contributed by atoms with van der Waals surface area (Å²) in [6.07, 6.45) is 1.71. The molecule has 0 aromatic carbocycles. The highest BCUT2D eigenvalue weighted by Crippen LogP contribution is 2.00. The van der Waals surface area contributed by atoms with Gasteiger partial charge in [-0.05, 0) is 12.1 Å². The summed E-state index contributed by atoms with van der Waals surface area (Å²) >= 11 is 0. The number of methoxy groups -OCH3 is 1. The molecular weight excluding hydrogens is 212 g/mol. The van der Waals surface area contributed by atoms with Crippen LogP contribution in [0, 0.1) is 0 Å². The number of aliphatic carboxylic acids is 1. The number of aryl methyl sites for hydroxylation is 1. The first-order valence-corrected chi connectivity index (χ1v) is 4.70. The summed E-state index contributed by atoms with van der Waals surface area (Å²) in [5.41, 5.74) is 0.405. The number of rotatable bonds is 5. The Bertz CT molecular complexity index is 386. The van der Waals surface area contributed by atoms with Crippen LogP contribution in [0.15, 0.2) is 18.3 Å². The number of aromatic nitrogens is 1. The largest absolute Gasteiger partial charge is 0.480 e.